The number of fused-ring (bicyclic) bond motifs is 2. The minimum absolute atomic E-state index is 0.00178. The average molecular weight is 548 g/mol. The van der Waals surface area contributed by atoms with Gasteiger partial charge in [-0.3, -0.25) is 0 Å². The van der Waals surface area contributed by atoms with E-state index in [0.29, 0.717) is 25.9 Å². The number of aliphatic hydroxyl groups is 1. The standard InChI is InChI=1S/C27H28F3N3O4S/c28-27(29,30)37-18-12-14-19(15-13-18)38(31,35)33-23-10-5-9-22(26(23)34)32-25-20-7-2-1-6-17(20)16-36-24-11-4-3-8-21(24)25/h1-4,6-8,11-15,22-23,25-26,32,34H,5,9-10,16H2,(H2,31,33,35). The molecular formula is C27H28F3N3O4S. The van der Waals surface area contributed by atoms with E-state index in [-0.39, 0.29) is 17.0 Å². The van der Waals surface area contributed by atoms with Crippen molar-refractivity contribution in [2.75, 3.05) is 0 Å². The minimum atomic E-state index is -4.85. The van der Waals surface area contributed by atoms with Gasteiger partial charge in [0.25, 0.3) is 0 Å². The van der Waals surface area contributed by atoms with Crippen molar-refractivity contribution in [2.24, 2.45) is 0 Å². The Hall–Kier alpha value is -3.12. The van der Waals surface area contributed by atoms with Crippen LogP contribution >= 0.6 is 0 Å². The first-order valence-electron chi connectivity index (χ1n) is 12.3. The number of aliphatic hydroxyl groups excluding tert-OH is 1. The fourth-order valence-electron chi connectivity index (χ4n) is 5.12. The van der Waals surface area contributed by atoms with E-state index in [1.807, 2.05) is 48.5 Å². The van der Waals surface area contributed by atoms with Crippen molar-refractivity contribution >= 4 is 9.92 Å². The van der Waals surface area contributed by atoms with Gasteiger partial charge in [0.1, 0.15) is 28.0 Å². The van der Waals surface area contributed by atoms with Gasteiger partial charge in [-0.05, 0) is 54.3 Å². The van der Waals surface area contributed by atoms with Gasteiger partial charge in [0, 0.05) is 17.6 Å². The van der Waals surface area contributed by atoms with Crippen LogP contribution in [0.3, 0.4) is 0 Å². The van der Waals surface area contributed by atoms with Gasteiger partial charge < -0.3 is 19.9 Å². The number of alkyl halides is 3. The first kappa shape index (κ1) is 26.5. The SMILES string of the molecule is N=S(=O)(NC1CCCC(NC2c3ccccc3COc3ccccc32)C1O)c1ccc(OC(F)(F)F)cc1. The molecule has 1 aliphatic heterocycles. The first-order chi connectivity index (χ1) is 18.1. The Labute approximate surface area is 219 Å². The molecule has 5 rings (SSSR count). The van der Waals surface area contributed by atoms with Gasteiger partial charge in [0.15, 0.2) is 0 Å². The van der Waals surface area contributed by atoms with Crippen LogP contribution in [0.4, 0.5) is 13.2 Å². The van der Waals surface area contributed by atoms with Crippen molar-refractivity contribution < 1.29 is 32.0 Å². The second-order valence-electron chi connectivity index (χ2n) is 9.45. The van der Waals surface area contributed by atoms with Crippen molar-refractivity contribution in [1.82, 2.24) is 10.0 Å². The topological polar surface area (TPSA) is 104 Å². The zero-order chi connectivity index (χ0) is 26.9. The predicted octanol–water partition coefficient (Wildman–Crippen LogP) is 5.05. The molecule has 5 atom stereocenters. The Balaban J connectivity index is 1.34. The molecule has 0 saturated heterocycles. The molecule has 1 heterocycles. The Morgan fingerprint density at radius 1 is 0.947 bits per heavy atom. The molecule has 1 saturated carbocycles. The van der Waals surface area contributed by atoms with Crippen LogP contribution in [-0.2, 0) is 16.5 Å². The van der Waals surface area contributed by atoms with E-state index in [1.165, 1.54) is 0 Å². The van der Waals surface area contributed by atoms with Crippen LogP contribution in [-0.4, -0.2) is 33.9 Å². The third-order valence-electron chi connectivity index (χ3n) is 6.92. The number of para-hydroxylation sites is 1. The van der Waals surface area contributed by atoms with E-state index in [4.69, 9.17) is 9.52 Å². The second kappa shape index (κ2) is 10.6. The van der Waals surface area contributed by atoms with Gasteiger partial charge in [-0.1, -0.05) is 48.9 Å². The Kier molecular flexibility index (Phi) is 7.36. The molecule has 2 aliphatic rings. The van der Waals surface area contributed by atoms with Gasteiger partial charge >= 0.3 is 6.36 Å². The summed E-state index contributed by atoms with van der Waals surface area (Å²) in [4.78, 5) is -0.00178. The lowest BCUT2D eigenvalue weighted by atomic mass is 9.86. The van der Waals surface area contributed by atoms with E-state index in [0.717, 1.165) is 46.7 Å². The summed E-state index contributed by atoms with van der Waals surface area (Å²) in [5, 5.41) is 14.9. The van der Waals surface area contributed by atoms with E-state index < -0.39 is 34.2 Å². The van der Waals surface area contributed by atoms with Crippen LogP contribution in [0.25, 0.3) is 0 Å². The molecule has 1 fully saturated rings. The molecule has 0 amide bonds. The summed E-state index contributed by atoms with van der Waals surface area (Å²) < 4.78 is 71.6. The molecule has 0 radical (unpaired) electrons. The smallest absolute Gasteiger partial charge is 0.489 e. The van der Waals surface area contributed by atoms with Crippen LogP contribution in [0.5, 0.6) is 11.5 Å². The number of halogens is 3. The van der Waals surface area contributed by atoms with E-state index in [1.54, 1.807) is 0 Å². The Morgan fingerprint density at radius 2 is 1.61 bits per heavy atom. The van der Waals surface area contributed by atoms with Gasteiger partial charge in [-0.2, -0.15) is 0 Å². The number of hydrogen-bond donors (Lipinski definition) is 4. The summed E-state index contributed by atoms with van der Waals surface area (Å²) in [5.74, 6) is 0.291. The molecular weight excluding hydrogens is 519 g/mol. The van der Waals surface area contributed by atoms with Crippen LogP contribution in [0.1, 0.15) is 42.0 Å². The molecule has 0 bridgehead atoms. The van der Waals surface area contributed by atoms with Crippen molar-refractivity contribution in [3.63, 3.8) is 0 Å². The van der Waals surface area contributed by atoms with Crippen LogP contribution in [0.2, 0.25) is 0 Å². The molecule has 3 aromatic carbocycles. The zero-order valence-electron chi connectivity index (χ0n) is 20.3. The van der Waals surface area contributed by atoms with Crippen molar-refractivity contribution in [2.45, 2.75) is 61.4 Å². The summed E-state index contributed by atoms with van der Waals surface area (Å²) in [7, 11) is -3.61. The third-order valence-corrected chi connectivity index (χ3v) is 8.49. The van der Waals surface area contributed by atoms with Crippen molar-refractivity contribution in [3.8, 4) is 11.5 Å². The molecule has 7 nitrogen and oxygen atoms in total. The number of hydrogen-bond acceptors (Lipinski definition) is 6. The van der Waals surface area contributed by atoms with Gasteiger partial charge in [0.05, 0.1) is 17.0 Å². The molecule has 0 spiro atoms. The molecule has 11 heteroatoms. The minimum Gasteiger partial charge on any atom is -0.489 e. The Bertz CT molecular complexity index is 1340. The van der Waals surface area contributed by atoms with Gasteiger partial charge in [-0.15, -0.1) is 13.2 Å². The highest BCUT2D eigenvalue weighted by atomic mass is 32.2. The van der Waals surface area contributed by atoms with Gasteiger partial charge in [-0.25, -0.2) is 13.7 Å². The third kappa shape index (κ3) is 5.80. The number of nitrogens with one attached hydrogen (secondary N) is 3. The maximum atomic E-state index is 13.2. The number of ether oxygens (including phenoxy) is 2. The molecule has 38 heavy (non-hydrogen) atoms. The monoisotopic (exact) mass is 547 g/mol. The van der Waals surface area contributed by atoms with Crippen molar-refractivity contribution in [1.29, 1.82) is 4.78 Å². The van der Waals surface area contributed by atoms with E-state index in [9.17, 15) is 22.5 Å². The maximum Gasteiger partial charge on any atom is 0.573 e. The molecule has 0 aromatic heterocycles. The summed E-state index contributed by atoms with van der Waals surface area (Å²) >= 11 is 0. The normalized spacial score (nSPS) is 24.7. The average Bonchev–Trinajstić information content (AvgIpc) is 3.03. The summed E-state index contributed by atoms with van der Waals surface area (Å²) in [6.07, 6.45) is -3.94. The summed E-state index contributed by atoms with van der Waals surface area (Å²) in [6.45, 7) is 0.427. The predicted molar refractivity (Wildman–Crippen MR) is 135 cm³/mol. The van der Waals surface area contributed by atoms with Crippen LogP contribution in [0, 0.1) is 4.78 Å². The quantitative estimate of drug-likeness (QED) is 0.346. The molecule has 202 valence electrons. The Morgan fingerprint density at radius 3 is 2.34 bits per heavy atom. The lowest BCUT2D eigenvalue weighted by Gasteiger charge is -2.38. The summed E-state index contributed by atoms with van der Waals surface area (Å²) in [5.41, 5.74) is 3.03. The summed E-state index contributed by atoms with van der Waals surface area (Å²) in [6, 6.07) is 18.8. The second-order valence-corrected chi connectivity index (χ2v) is 11.3. The zero-order valence-corrected chi connectivity index (χ0v) is 21.1. The lowest BCUT2D eigenvalue weighted by Crippen LogP contribution is -2.55. The number of benzene rings is 3. The van der Waals surface area contributed by atoms with Crippen molar-refractivity contribution in [3.05, 3.63) is 89.5 Å². The van der Waals surface area contributed by atoms with E-state index in [2.05, 4.69) is 14.8 Å². The molecule has 1 aliphatic carbocycles. The van der Waals surface area contributed by atoms with Crippen LogP contribution < -0.4 is 19.5 Å². The first-order valence-corrected chi connectivity index (χ1v) is 13.8. The molecule has 3 aromatic rings. The highest BCUT2D eigenvalue weighted by molar-refractivity contribution is 7.90. The molecule has 5 unspecified atom stereocenters. The highest BCUT2D eigenvalue weighted by Gasteiger charge is 2.37. The van der Waals surface area contributed by atoms with Crippen LogP contribution in [0.15, 0.2) is 77.7 Å². The fourth-order valence-corrected chi connectivity index (χ4v) is 6.46. The lowest BCUT2D eigenvalue weighted by molar-refractivity contribution is -0.274. The largest absolute Gasteiger partial charge is 0.573 e. The number of rotatable bonds is 6. The van der Waals surface area contributed by atoms with Gasteiger partial charge in [0.2, 0.25) is 0 Å². The van der Waals surface area contributed by atoms with E-state index >= 15 is 0 Å². The highest BCUT2D eigenvalue weighted by Crippen LogP contribution is 2.37. The fraction of sp³-hybridized carbons (Fsp3) is 0.333. The maximum absolute atomic E-state index is 13.2. The molecule has 4 N–H and O–H groups in total.